The lowest BCUT2D eigenvalue weighted by Crippen LogP contribution is -2.32. The molecule has 0 unspecified atom stereocenters. The van der Waals surface area contributed by atoms with Crippen molar-refractivity contribution in [1.29, 1.82) is 0 Å². The Balaban J connectivity index is 1.53. The van der Waals surface area contributed by atoms with Gasteiger partial charge in [0.15, 0.2) is 0 Å². The first-order valence-electron chi connectivity index (χ1n) is 12.4. The summed E-state index contributed by atoms with van der Waals surface area (Å²) in [6.45, 7) is 0.784. The van der Waals surface area contributed by atoms with Crippen LogP contribution in [0.4, 0.5) is 5.69 Å². The summed E-state index contributed by atoms with van der Waals surface area (Å²) in [6, 6.07) is 15.0. The van der Waals surface area contributed by atoms with Crippen molar-refractivity contribution in [1.82, 2.24) is 15.8 Å². The van der Waals surface area contributed by atoms with Gasteiger partial charge in [-0.05, 0) is 49.4 Å². The van der Waals surface area contributed by atoms with E-state index in [-0.39, 0.29) is 18.2 Å². The second-order valence-corrected chi connectivity index (χ2v) is 8.94. The van der Waals surface area contributed by atoms with Crippen LogP contribution in [0.1, 0.15) is 60.1 Å². The summed E-state index contributed by atoms with van der Waals surface area (Å²) < 4.78 is 6.03. The summed E-state index contributed by atoms with van der Waals surface area (Å²) in [5.41, 5.74) is 5.57. The average Bonchev–Trinajstić information content (AvgIpc) is 3.25. The third-order valence-corrected chi connectivity index (χ3v) is 6.43. The minimum atomic E-state index is -0.682. The number of carbonyl (C=O) groups is 3. The number of unbranched alkanes of at least 4 members (excludes halogenated alkanes) is 2. The molecule has 0 aliphatic carbocycles. The second kappa shape index (κ2) is 12.3. The number of anilines is 1. The number of H-pyrrole nitrogens is 1. The first kappa shape index (κ1) is 25.4. The fourth-order valence-electron chi connectivity index (χ4n) is 4.55. The number of para-hydroxylation sites is 2. The highest BCUT2D eigenvalue weighted by molar-refractivity contribution is 6.04. The molecule has 1 atom stereocenters. The zero-order chi connectivity index (χ0) is 25.3. The van der Waals surface area contributed by atoms with Crippen LogP contribution in [0, 0.1) is 0 Å². The van der Waals surface area contributed by atoms with E-state index in [0.29, 0.717) is 50.1 Å². The number of hydroxylamine groups is 1. The highest BCUT2D eigenvalue weighted by atomic mass is 16.5. The summed E-state index contributed by atoms with van der Waals surface area (Å²) in [5, 5.41) is 15.6. The molecular formula is C27H32N4O5. The summed E-state index contributed by atoms with van der Waals surface area (Å²) in [4.78, 5) is 40.9. The molecule has 0 bridgehead atoms. The highest BCUT2D eigenvalue weighted by Crippen LogP contribution is 2.25. The molecular weight excluding hydrogens is 460 g/mol. The molecule has 0 saturated carbocycles. The van der Waals surface area contributed by atoms with Gasteiger partial charge in [-0.2, -0.15) is 0 Å². The van der Waals surface area contributed by atoms with Gasteiger partial charge in [-0.1, -0.05) is 43.2 Å². The van der Waals surface area contributed by atoms with Gasteiger partial charge < -0.3 is 20.4 Å². The zero-order valence-corrected chi connectivity index (χ0v) is 20.1. The molecule has 9 nitrogen and oxygen atoms in total. The van der Waals surface area contributed by atoms with E-state index in [0.717, 1.165) is 35.0 Å². The van der Waals surface area contributed by atoms with E-state index in [9.17, 15) is 14.4 Å². The van der Waals surface area contributed by atoms with Gasteiger partial charge in [-0.3, -0.25) is 19.6 Å². The Hall–Kier alpha value is -3.69. The Morgan fingerprint density at radius 1 is 1.06 bits per heavy atom. The molecule has 0 saturated heterocycles. The van der Waals surface area contributed by atoms with Crippen LogP contribution in [-0.2, 0) is 27.3 Å². The van der Waals surface area contributed by atoms with Gasteiger partial charge in [0.1, 0.15) is 6.10 Å². The zero-order valence-electron chi connectivity index (χ0n) is 20.1. The van der Waals surface area contributed by atoms with Gasteiger partial charge in [0.05, 0.1) is 11.3 Å². The van der Waals surface area contributed by atoms with Crippen LogP contribution in [0.3, 0.4) is 0 Å². The van der Waals surface area contributed by atoms with Crippen molar-refractivity contribution in [3.05, 3.63) is 65.4 Å². The molecule has 36 heavy (non-hydrogen) atoms. The Morgan fingerprint density at radius 2 is 1.86 bits per heavy atom. The molecule has 0 fully saturated rings. The molecule has 0 radical (unpaired) electrons. The van der Waals surface area contributed by atoms with Crippen molar-refractivity contribution in [3.8, 4) is 0 Å². The molecule has 1 aromatic heterocycles. The minimum absolute atomic E-state index is 0.226. The number of nitrogens with one attached hydrogen (secondary N) is 4. The van der Waals surface area contributed by atoms with Crippen LogP contribution in [0.15, 0.2) is 48.5 Å². The molecule has 1 aliphatic rings. The number of hydrogen-bond acceptors (Lipinski definition) is 5. The van der Waals surface area contributed by atoms with Gasteiger partial charge in [0.25, 0.3) is 11.8 Å². The number of aromatic amines is 1. The number of aryl methyl sites for hydroxylation is 1. The van der Waals surface area contributed by atoms with E-state index in [2.05, 4.69) is 15.6 Å². The largest absolute Gasteiger partial charge is 0.368 e. The SMILES string of the molecule is O=C(CCCCC[C@@H]1OCCCc2[nH]c3ccccc3c2CNC(=O)c2ccccc2NC1=O)NO. The summed E-state index contributed by atoms with van der Waals surface area (Å²) >= 11 is 0. The molecule has 2 heterocycles. The van der Waals surface area contributed by atoms with Gasteiger partial charge in [0.2, 0.25) is 5.91 Å². The second-order valence-electron chi connectivity index (χ2n) is 8.94. The lowest BCUT2D eigenvalue weighted by Gasteiger charge is -2.20. The summed E-state index contributed by atoms with van der Waals surface area (Å²) in [5.74, 6) is -0.987. The van der Waals surface area contributed by atoms with Crippen molar-refractivity contribution < 1.29 is 24.3 Å². The van der Waals surface area contributed by atoms with Crippen LogP contribution in [0.25, 0.3) is 10.9 Å². The Kier molecular flexibility index (Phi) is 8.70. The molecule has 1 aliphatic heterocycles. The smallest absolute Gasteiger partial charge is 0.253 e. The maximum absolute atomic E-state index is 13.1. The Labute approximate surface area is 209 Å². The van der Waals surface area contributed by atoms with Crippen LogP contribution in [0.2, 0.25) is 0 Å². The van der Waals surface area contributed by atoms with Crippen LogP contribution in [0.5, 0.6) is 0 Å². The topological polar surface area (TPSA) is 133 Å². The van der Waals surface area contributed by atoms with Gasteiger partial charge >= 0.3 is 0 Å². The number of hydrogen-bond donors (Lipinski definition) is 5. The molecule has 5 N–H and O–H groups in total. The quantitative estimate of drug-likeness (QED) is 0.203. The standard InChI is InChI=1S/C27H32N4O5/c32-25(31-35)15-3-1-2-14-24-27(34)30-22-12-7-5-10-19(22)26(33)28-17-20-18-9-4-6-11-21(18)29-23(20)13-8-16-36-24/h4-7,9-12,24,29,35H,1-3,8,13-17H2,(H,28,33)(H,30,34)(H,31,32)/t24-/m0/s1. The lowest BCUT2D eigenvalue weighted by molar-refractivity contribution is -0.129. The van der Waals surface area contributed by atoms with Gasteiger partial charge in [-0.25, -0.2) is 5.48 Å². The predicted octanol–water partition coefficient (Wildman–Crippen LogP) is 3.82. The first-order chi connectivity index (χ1) is 17.6. The summed E-state index contributed by atoms with van der Waals surface area (Å²) in [6.07, 6.45) is 3.47. The third-order valence-electron chi connectivity index (χ3n) is 6.43. The highest BCUT2D eigenvalue weighted by Gasteiger charge is 2.22. The molecule has 190 valence electrons. The molecule has 3 aromatic rings. The van der Waals surface area contributed by atoms with Crippen LogP contribution < -0.4 is 16.1 Å². The normalized spacial score (nSPS) is 16.9. The lowest BCUT2D eigenvalue weighted by atomic mass is 10.1. The number of aromatic nitrogens is 1. The number of carbonyl (C=O) groups excluding carboxylic acids is 3. The van der Waals surface area contributed by atoms with Crippen molar-refractivity contribution in [2.75, 3.05) is 11.9 Å². The Bertz CT molecular complexity index is 1220. The van der Waals surface area contributed by atoms with E-state index in [1.54, 1.807) is 29.7 Å². The number of amides is 3. The number of benzene rings is 2. The Morgan fingerprint density at radius 3 is 2.72 bits per heavy atom. The van der Waals surface area contributed by atoms with E-state index in [4.69, 9.17) is 9.94 Å². The van der Waals surface area contributed by atoms with E-state index >= 15 is 0 Å². The minimum Gasteiger partial charge on any atom is -0.368 e. The van der Waals surface area contributed by atoms with Crippen LogP contribution >= 0.6 is 0 Å². The number of ether oxygens (including phenoxy) is 1. The van der Waals surface area contributed by atoms with E-state index in [1.807, 2.05) is 24.3 Å². The van der Waals surface area contributed by atoms with Gasteiger partial charge in [0, 0.05) is 36.2 Å². The molecule has 4 rings (SSSR count). The van der Waals surface area contributed by atoms with Crippen molar-refractivity contribution in [3.63, 3.8) is 0 Å². The average molecular weight is 493 g/mol. The van der Waals surface area contributed by atoms with Crippen molar-refractivity contribution in [2.45, 2.75) is 57.6 Å². The molecule has 2 aromatic carbocycles. The third kappa shape index (κ3) is 6.30. The maximum Gasteiger partial charge on any atom is 0.253 e. The molecule has 0 spiro atoms. The molecule has 9 heteroatoms. The fraction of sp³-hybridized carbons (Fsp3) is 0.370. The first-order valence-corrected chi connectivity index (χ1v) is 12.4. The summed E-state index contributed by atoms with van der Waals surface area (Å²) in [7, 11) is 0. The maximum atomic E-state index is 13.1. The van der Waals surface area contributed by atoms with E-state index in [1.165, 1.54) is 0 Å². The van der Waals surface area contributed by atoms with E-state index < -0.39 is 12.0 Å². The van der Waals surface area contributed by atoms with Gasteiger partial charge in [-0.15, -0.1) is 0 Å². The molecule has 3 amide bonds. The van der Waals surface area contributed by atoms with Crippen molar-refractivity contribution >= 4 is 34.3 Å². The van der Waals surface area contributed by atoms with Crippen LogP contribution in [-0.4, -0.2) is 40.6 Å². The van der Waals surface area contributed by atoms with Crippen molar-refractivity contribution in [2.24, 2.45) is 0 Å². The number of rotatable bonds is 6. The predicted molar refractivity (Wildman–Crippen MR) is 136 cm³/mol. The monoisotopic (exact) mass is 492 g/mol. The fourth-order valence-corrected chi connectivity index (χ4v) is 4.55. The number of fused-ring (bicyclic) bond motifs is 4.